The van der Waals surface area contributed by atoms with Gasteiger partial charge in [-0.2, -0.15) is 5.10 Å². The maximum absolute atomic E-state index is 13.0. The van der Waals surface area contributed by atoms with Gasteiger partial charge in [-0.05, 0) is 43.5 Å². The third-order valence-electron chi connectivity index (χ3n) is 5.16. The lowest BCUT2D eigenvalue weighted by atomic mass is 9.96. The monoisotopic (exact) mass is 364 g/mol. The van der Waals surface area contributed by atoms with E-state index >= 15 is 0 Å². The van der Waals surface area contributed by atoms with E-state index in [0.29, 0.717) is 18.8 Å². The molecule has 1 aliphatic rings. The highest BCUT2D eigenvalue weighted by Crippen LogP contribution is 2.27. The van der Waals surface area contributed by atoms with Gasteiger partial charge in [-0.1, -0.05) is 0 Å². The van der Waals surface area contributed by atoms with Crippen LogP contribution in [0.25, 0.3) is 0 Å². The molecule has 27 heavy (non-hydrogen) atoms. The SMILES string of the molecule is CCn1nccc1C(=O)N1CCC[C@H](c2nccn2Cc2ccncc2)C1. The molecule has 1 aliphatic heterocycles. The highest BCUT2D eigenvalue weighted by Gasteiger charge is 2.29. The van der Waals surface area contributed by atoms with Crippen molar-refractivity contribution >= 4 is 5.91 Å². The van der Waals surface area contributed by atoms with Crippen molar-refractivity contribution in [3.63, 3.8) is 0 Å². The van der Waals surface area contributed by atoms with Gasteiger partial charge >= 0.3 is 0 Å². The normalized spacial score (nSPS) is 17.2. The second-order valence-electron chi connectivity index (χ2n) is 6.89. The van der Waals surface area contributed by atoms with Crippen LogP contribution in [-0.2, 0) is 13.1 Å². The first-order chi connectivity index (χ1) is 13.3. The molecule has 3 aromatic rings. The molecular formula is C20H24N6O. The Balaban J connectivity index is 1.51. The first kappa shape index (κ1) is 17.5. The fourth-order valence-electron chi connectivity index (χ4n) is 3.80. The molecule has 0 unspecified atom stereocenters. The van der Waals surface area contributed by atoms with Crippen molar-refractivity contribution in [2.75, 3.05) is 13.1 Å². The number of nitrogens with zero attached hydrogens (tertiary/aromatic N) is 6. The number of piperidine rings is 1. The summed E-state index contributed by atoms with van der Waals surface area (Å²) in [4.78, 5) is 23.6. The van der Waals surface area contributed by atoms with E-state index in [4.69, 9.17) is 0 Å². The van der Waals surface area contributed by atoms with Gasteiger partial charge in [-0.15, -0.1) is 0 Å². The van der Waals surface area contributed by atoms with E-state index in [2.05, 4.69) is 19.6 Å². The van der Waals surface area contributed by atoms with E-state index in [0.717, 1.165) is 31.8 Å². The smallest absolute Gasteiger partial charge is 0.272 e. The van der Waals surface area contributed by atoms with Crippen LogP contribution in [0, 0.1) is 0 Å². The van der Waals surface area contributed by atoms with Crippen molar-refractivity contribution in [2.45, 2.75) is 38.8 Å². The molecule has 4 heterocycles. The van der Waals surface area contributed by atoms with Crippen molar-refractivity contribution in [1.82, 2.24) is 29.2 Å². The standard InChI is InChI=1S/C20H24N6O/c1-2-26-18(7-10-23-26)20(27)25-12-3-4-17(15-25)19-22-11-13-24(19)14-16-5-8-21-9-6-16/h5-11,13,17H,2-4,12,14-15H2,1H3/t17-/m0/s1. The molecule has 1 fully saturated rings. The molecule has 0 aliphatic carbocycles. The summed E-state index contributed by atoms with van der Waals surface area (Å²) < 4.78 is 3.95. The summed E-state index contributed by atoms with van der Waals surface area (Å²) in [6.45, 7) is 4.95. The molecule has 1 saturated heterocycles. The molecule has 1 amide bonds. The number of carbonyl (C=O) groups is 1. The molecule has 140 valence electrons. The Morgan fingerprint density at radius 1 is 1.19 bits per heavy atom. The summed E-state index contributed by atoms with van der Waals surface area (Å²) >= 11 is 0. The van der Waals surface area contributed by atoms with Crippen LogP contribution in [-0.4, -0.2) is 48.2 Å². The molecular weight excluding hydrogens is 340 g/mol. The Kier molecular flexibility index (Phi) is 5.00. The summed E-state index contributed by atoms with van der Waals surface area (Å²) in [5, 5.41) is 4.23. The molecule has 0 spiro atoms. The molecule has 1 atom stereocenters. The minimum atomic E-state index is 0.0614. The molecule has 0 radical (unpaired) electrons. The van der Waals surface area contributed by atoms with Crippen LogP contribution in [0.3, 0.4) is 0 Å². The summed E-state index contributed by atoms with van der Waals surface area (Å²) in [7, 11) is 0. The number of aryl methyl sites for hydroxylation is 1. The number of carbonyl (C=O) groups excluding carboxylic acids is 1. The van der Waals surface area contributed by atoms with Crippen LogP contribution in [0.1, 0.15) is 47.6 Å². The number of amides is 1. The maximum Gasteiger partial charge on any atom is 0.272 e. The van der Waals surface area contributed by atoms with Crippen LogP contribution in [0.4, 0.5) is 0 Å². The Hall–Kier alpha value is -2.96. The lowest BCUT2D eigenvalue weighted by Crippen LogP contribution is -2.40. The van der Waals surface area contributed by atoms with E-state index in [-0.39, 0.29) is 11.8 Å². The predicted octanol–water partition coefficient (Wildman–Crippen LogP) is 2.56. The van der Waals surface area contributed by atoms with Gasteiger partial charge in [0, 0.05) is 63.1 Å². The molecule has 7 nitrogen and oxygen atoms in total. The Morgan fingerprint density at radius 2 is 2.04 bits per heavy atom. The van der Waals surface area contributed by atoms with Gasteiger partial charge in [0.25, 0.3) is 5.91 Å². The molecule has 0 saturated carbocycles. The van der Waals surface area contributed by atoms with Crippen molar-refractivity contribution in [3.05, 3.63) is 66.3 Å². The van der Waals surface area contributed by atoms with Gasteiger partial charge in [-0.3, -0.25) is 14.5 Å². The molecule has 7 heteroatoms. The number of rotatable bonds is 5. The average molecular weight is 364 g/mol. The van der Waals surface area contributed by atoms with Crippen molar-refractivity contribution < 1.29 is 4.79 Å². The number of hydrogen-bond donors (Lipinski definition) is 0. The van der Waals surface area contributed by atoms with Crippen LogP contribution >= 0.6 is 0 Å². The summed E-state index contributed by atoms with van der Waals surface area (Å²) in [5.41, 5.74) is 1.86. The molecule has 3 aromatic heterocycles. The number of hydrogen-bond acceptors (Lipinski definition) is 4. The topological polar surface area (TPSA) is 68.8 Å². The first-order valence-corrected chi connectivity index (χ1v) is 9.47. The fraction of sp³-hybridized carbons (Fsp3) is 0.400. The Bertz CT molecular complexity index is 900. The molecule has 0 N–H and O–H groups in total. The van der Waals surface area contributed by atoms with Crippen molar-refractivity contribution in [2.24, 2.45) is 0 Å². The van der Waals surface area contributed by atoms with Crippen molar-refractivity contribution in [1.29, 1.82) is 0 Å². The van der Waals surface area contributed by atoms with Gasteiger partial charge in [0.15, 0.2) is 0 Å². The van der Waals surface area contributed by atoms with E-state index in [1.807, 2.05) is 48.7 Å². The molecule has 4 rings (SSSR count). The highest BCUT2D eigenvalue weighted by molar-refractivity contribution is 5.92. The molecule has 0 aromatic carbocycles. The lowest BCUT2D eigenvalue weighted by molar-refractivity contribution is 0.0691. The van der Waals surface area contributed by atoms with Gasteiger partial charge in [-0.25, -0.2) is 4.98 Å². The number of imidazole rings is 1. The Morgan fingerprint density at radius 3 is 2.85 bits per heavy atom. The van der Waals surface area contributed by atoms with Crippen LogP contribution in [0.2, 0.25) is 0 Å². The van der Waals surface area contributed by atoms with Crippen LogP contribution < -0.4 is 0 Å². The van der Waals surface area contributed by atoms with E-state index in [9.17, 15) is 4.79 Å². The minimum Gasteiger partial charge on any atom is -0.337 e. The van der Waals surface area contributed by atoms with Gasteiger partial charge in [0.05, 0.1) is 0 Å². The largest absolute Gasteiger partial charge is 0.337 e. The van der Waals surface area contributed by atoms with Crippen LogP contribution in [0.5, 0.6) is 0 Å². The quantitative estimate of drug-likeness (QED) is 0.698. The van der Waals surface area contributed by atoms with Crippen LogP contribution in [0.15, 0.2) is 49.2 Å². The second kappa shape index (κ2) is 7.73. The van der Waals surface area contributed by atoms with Crippen molar-refractivity contribution in [3.8, 4) is 0 Å². The van der Waals surface area contributed by atoms with E-state index < -0.39 is 0 Å². The van der Waals surface area contributed by atoms with E-state index in [1.54, 1.807) is 16.9 Å². The first-order valence-electron chi connectivity index (χ1n) is 9.47. The third-order valence-corrected chi connectivity index (χ3v) is 5.16. The number of pyridine rings is 1. The number of aromatic nitrogens is 5. The lowest BCUT2D eigenvalue weighted by Gasteiger charge is -2.32. The zero-order valence-electron chi connectivity index (χ0n) is 15.5. The maximum atomic E-state index is 13.0. The summed E-state index contributed by atoms with van der Waals surface area (Å²) in [5.74, 6) is 1.36. The summed E-state index contributed by atoms with van der Waals surface area (Å²) in [6, 6.07) is 5.85. The number of likely N-dealkylation sites (tertiary alicyclic amines) is 1. The zero-order chi connectivity index (χ0) is 18.6. The van der Waals surface area contributed by atoms with Gasteiger partial charge in [0.1, 0.15) is 11.5 Å². The second-order valence-corrected chi connectivity index (χ2v) is 6.89. The minimum absolute atomic E-state index is 0.0614. The van der Waals surface area contributed by atoms with Gasteiger partial charge < -0.3 is 9.47 Å². The fourth-order valence-corrected chi connectivity index (χ4v) is 3.80. The molecule has 0 bridgehead atoms. The van der Waals surface area contributed by atoms with Gasteiger partial charge in [0.2, 0.25) is 0 Å². The predicted molar refractivity (Wildman–Crippen MR) is 101 cm³/mol. The third kappa shape index (κ3) is 3.63. The highest BCUT2D eigenvalue weighted by atomic mass is 16.2. The Labute approximate surface area is 158 Å². The zero-order valence-corrected chi connectivity index (χ0v) is 15.5. The average Bonchev–Trinajstić information content (AvgIpc) is 3.37. The summed E-state index contributed by atoms with van der Waals surface area (Å²) in [6.07, 6.45) is 11.2. The van der Waals surface area contributed by atoms with E-state index in [1.165, 1.54) is 5.56 Å².